The van der Waals surface area contributed by atoms with E-state index >= 15 is 0 Å². The van der Waals surface area contributed by atoms with Crippen molar-refractivity contribution in [1.82, 2.24) is 4.72 Å². The van der Waals surface area contributed by atoms with Gasteiger partial charge in [-0.25, -0.2) is 17.9 Å². The van der Waals surface area contributed by atoms with E-state index in [1.54, 1.807) is 0 Å². The lowest BCUT2D eigenvalue weighted by Crippen LogP contribution is -2.27. The van der Waals surface area contributed by atoms with Crippen molar-refractivity contribution in [3.05, 3.63) is 28.2 Å². The second-order valence-electron chi connectivity index (χ2n) is 3.54. The van der Waals surface area contributed by atoms with Gasteiger partial charge in [-0.3, -0.25) is 0 Å². The molecular formula is C11H14BrNO5S. The summed E-state index contributed by atoms with van der Waals surface area (Å²) in [6.45, 7) is 2.71. The molecule has 0 amide bonds. The van der Waals surface area contributed by atoms with Crippen LogP contribution >= 0.6 is 15.9 Å². The van der Waals surface area contributed by atoms with Gasteiger partial charge in [-0.2, -0.15) is 0 Å². The highest BCUT2D eigenvalue weighted by Crippen LogP contribution is 2.20. The molecule has 0 aliphatic heterocycles. The molecule has 1 aromatic rings. The summed E-state index contributed by atoms with van der Waals surface area (Å²) in [6.07, 6.45) is 0. The second kappa shape index (κ2) is 6.99. The van der Waals surface area contributed by atoms with Gasteiger partial charge in [-0.15, -0.1) is 0 Å². The van der Waals surface area contributed by atoms with Crippen LogP contribution in [0.5, 0.6) is 0 Å². The first-order valence-corrected chi connectivity index (χ1v) is 7.76. The number of carboxylic acid groups (broad SMARTS) is 1. The molecule has 8 heteroatoms. The van der Waals surface area contributed by atoms with Gasteiger partial charge < -0.3 is 9.84 Å². The quantitative estimate of drug-likeness (QED) is 0.725. The number of halogens is 1. The van der Waals surface area contributed by atoms with Crippen LogP contribution < -0.4 is 4.72 Å². The van der Waals surface area contributed by atoms with Gasteiger partial charge in [0.05, 0.1) is 17.1 Å². The first-order valence-electron chi connectivity index (χ1n) is 5.48. The van der Waals surface area contributed by atoms with Crippen molar-refractivity contribution in [2.75, 3.05) is 19.8 Å². The minimum Gasteiger partial charge on any atom is -0.478 e. The molecule has 0 radical (unpaired) electrons. The van der Waals surface area contributed by atoms with Gasteiger partial charge in [0.2, 0.25) is 10.0 Å². The monoisotopic (exact) mass is 351 g/mol. The SMILES string of the molecule is CCOCCNS(=O)(=O)c1ccc(Br)c(C(=O)O)c1. The average Bonchev–Trinajstić information content (AvgIpc) is 2.34. The maximum atomic E-state index is 11.9. The predicted molar refractivity (Wildman–Crippen MR) is 72.8 cm³/mol. The average molecular weight is 352 g/mol. The van der Waals surface area contributed by atoms with Gasteiger partial charge >= 0.3 is 5.97 Å². The van der Waals surface area contributed by atoms with Crippen molar-refractivity contribution in [3.63, 3.8) is 0 Å². The number of hydrogen-bond acceptors (Lipinski definition) is 4. The lowest BCUT2D eigenvalue weighted by molar-refractivity contribution is 0.0695. The lowest BCUT2D eigenvalue weighted by atomic mass is 10.2. The summed E-state index contributed by atoms with van der Waals surface area (Å²) in [5.41, 5.74) is -0.104. The van der Waals surface area contributed by atoms with E-state index in [2.05, 4.69) is 20.7 Å². The Hall–Kier alpha value is -0.960. The summed E-state index contributed by atoms with van der Waals surface area (Å²) >= 11 is 3.05. The van der Waals surface area contributed by atoms with Crippen LogP contribution in [0.1, 0.15) is 17.3 Å². The standard InChI is InChI=1S/C11H14BrNO5S/c1-2-18-6-5-13-19(16,17)8-3-4-10(12)9(7-8)11(14)15/h3-4,7,13H,2,5-6H2,1H3,(H,14,15). The maximum Gasteiger partial charge on any atom is 0.336 e. The van der Waals surface area contributed by atoms with Gasteiger partial charge in [0.1, 0.15) is 0 Å². The van der Waals surface area contributed by atoms with Crippen molar-refractivity contribution in [2.24, 2.45) is 0 Å². The summed E-state index contributed by atoms with van der Waals surface area (Å²) in [5.74, 6) is -1.20. The molecule has 0 saturated heterocycles. The Balaban J connectivity index is 2.89. The number of nitrogens with one attached hydrogen (secondary N) is 1. The molecule has 106 valence electrons. The van der Waals surface area contributed by atoms with E-state index in [1.807, 2.05) is 6.92 Å². The number of benzene rings is 1. The molecule has 0 aliphatic rings. The number of ether oxygens (including phenoxy) is 1. The van der Waals surface area contributed by atoms with Crippen molar-refractivity contribution < 1.29 is 23.1 Å². The molecule has 0 saturated carbocycles. The largest absolute Gasteiger partial charge is 0.478 e. The zero-order chi connectivity index (χ0) is 14.5. The molecule has 2 N–H and O–H groups in total. The molecular weight excluding hydrogens is 338 g/mol. The molecule has 0 aromatic heterocycles. The molecule has 1 aromatic carbocycles. The number of hydrogen-bond donors (Lipinski definition) is 2. The Morgan fingerprint density at radius 1 is 1.47 bits per heavy atom. The highest BCUT2D eigenvalue weighted by atomic mass is 79.9. The number of rotatable bonds is 7. The smallest absolute Gasteiger partial charge is 0.336 e. The third-order valence-electron chi connectivity index (χ3n) is 2.22. The summed E-state index contributed by atoms with van der Waals surface area (Å²) in [4.78, 5) is 10.8. The first-order chi connectivity index (χ1) is 8.88. The van der Waals surface area contributed by atoms with Gasteiger partial charge in [0, 0.05) is 17.6 Å². The molecule has 0 bridgehead atoms. The fraction of sp³-hybridized carbons (Fsp3) is 0.364. The van der Waals surface area contributed by atoms with Crippen LogP contribution in [0.3, 0.4) is 0 Å². The van der Waals surface area contributed by atoms with E-state index in [4.69, 9.17) is 9.84 Å². The van der Waals surface area contributed by atoms with Gasteiger partial charge in [0.15, 0.2) is 0 Å². The Bertz CT molecular complexity index is 558. The molecule has 19 heavy (non-hydrogen) atoms. The van der Waals surface area contributed by atoms with Crippen LogP contribution in [0, 0.1) is 0 Å². The van der Waals surface area contributed by atoms with Gasteiger partial charge in [-0.05, 0) is 41.1 Å². The van der Waals surface area contributed by atoms with E-state index in [-0.39, 0.29) is 23.6 Å². The highest BCUT2D eigenvalue weighted by Gasteiger charge is 2.17. The third-order valence-corrected chi connectivity index (χ3v) is 4.37. The molecule has 0 unspecified atom stereocenters. The van der Waals surface area contributed by atoms with Crippen LogP contribution in [0.25, 0.3) is 0 Å². The Morgan fingerprint density at radius 3 is 2.74 bits per heavy atom. The zero-order valence-electron chi connectivity index (χ0n) is 10.2. The van der Waals surface area contributed by atoms with E-state index in [9.17, 15) is 13.2 Å². The van der Waals surface area contributed by atoms with E-state index < -0.39 is 16.0 Å². The zero-order valence-corrected chi connectivity index (χ0v) is 12.6. The Kier molecular flexibility index (Phi) is 5.92. The fourth-order valence-electron chi connectivity index (χ4n) is 1.31. The molecule has 0 fully saturated rings. The molecule has 0 heterocycles. The molecule has 0 spiro atoms. The normalized spacial score (nSPS) is 11.5. The van der Waals surface area contributed by atoms with E-state index in [0.717, 1.165) is 6.07 Å². The van der Waals surface area contributed by atoms with E-state index in [0.29, 0.717) is 11.1 Å². The molecule has 1 rings (SSSR count). The third kappa shape index (κ3) is 4.57. The van der Waals surface area contributed by atoms with Crippen molar-refractivity contribution in [2.45, 2.75) is 11.8 Å². The van der Waals surface area contributed by atoms with Crippen LogP contribution in [0.2, 0.25) is 0 Å². The highest BCUT2D eigenvalue weighted by molar-refractivity contribution is 9.10. The Labute approximate surface area is 120 Å². The van der Waals surface area contributed by atoms with Crippen molar-refractivity contribution in [1.29, 1.82) is 0 Å². The maximum absolute atomic E-state index is 11.9. The van der Waals surface area contributed by atoms with Crippen LogP contribution in [0.4, 0.5) is 0 Å². The molecule has 6 nitrogen and oxygen atoms in total. The van der Waals surface area contributed by atoms with Gasteiger partial charge in [0.25, 0.3) is 0 Å². The molecule has 0 aliphatic carbocycles. The van der Waals surface area contributed by atoms with Crippen LogP contribution in [-0.4, -0.2) is 39.3 Å². The van der Waals surface area contributed by atoms with Crippen LogP contribution in [-0.2, 0) is 14.8 Å². The number of sulfonamides is 1. The number of aromatic carboxylic acids is 1. The first kappa shape index (κ1) is 16.1. The topological polar surface area (TPSA) is 92.7 Å². The van der Waals surface area contributed by atoms with E-state index in [1.165, 1.54) is 12.1 Å². The summed E-state index contributed by atoms with van der Waals surface area (Å²) in [6, 6.07) is 3.83. The second-order valence-corrected chi connectivity index (χ2v) is 6.16. The Morgan fingerprint density at radius 2 is 2.16 bits per heavy atom. The fourth-order valence-corrected chi connectivity index (χ4v) is 2.77. The molecule has 0 atom stereocenters. The summed E-state index contributed by atoms with van der Waals surface area (Å²) < 4.78 is 31.5. The van der Waals surface area contributed by atoms with Crippen molar-refractivity contribution >= 4 is 31.9 Å². The summed E-state index contributed by atoms with van der Waals surface area (Å²) in [7, 11) is -3.73. The number of carboxylic acids is 1. The predicted octanol–water partition coefficient (Wildman–Crippen LogP) is 1.46. The van der Waals surface area contributed by atoms with Crippen LogP contribution in [0.15, 0.2) is 27.6 Å². The lowest BCUT2D eigenvalue weighted by Gasteiger charge is -2.08. The van der Waals surface area contributed by atoms with Crippen molar-refractivity contribution in [3.8, 4) is 0 Å². The number of carbonyl (C=O) groups is 1. The summed E-state index contributed by atoms with van der Waals surface area (Å²) in [5, 5.41) is 8.94. The van der Waals surface area contributed by atoms with Gasteiger partial charge in [-0.1, -0.05) is 0 Å². The minimum absolute atomic E-state index is 0.0930. The minimum atomic E-state index is -3.73.